The molecule has 1 aromatic heterocycles. The number of aromatic nitrogens is 2. The first kappa shape index (κ1) is 19.5. The molecule has 0 aliphatic heterocycles. The lowest BCUT2D eigenvalue weighted by molar-refractivity contribution is 0.411. The van der Waals surface area contributed by atoms with Crippen LogP contribution >= 0.6 is 0 Å². The number of aryl methyl sites for hydroxylation is 1. The van der Waals surface area contributed by atoms with Gasteiger partial charge in [-0.15, -0.1) is 0 Å². The maximum absolute atomic E-state index is 5.32. The standard InChI is InChI=1S/C22H27N5O/c1-17-13-18(9-10-21(17)28-3)14-24-22(23-2)25-15-19-7-4-5-8-20(19)16-27-12-6-11-26-27/h4-13H,14-16H2,1-3H3,(H2,23,24,25). The van der Waals surface area contributed by atoms with E-state index in [2.05, 4.69) is 57.1 Å². The Balaban J connectivity index is 1.58. The van der Waals surface area contributed by atoms with Crippen LogP contribution in [0.2, 0.25) is 0 Å². The molecule has 2 N–H and O–H groups in total. The molecule has 3 aromatic rings. The molecule has 28 heavy (non-hydrogen) atoms. The molecule has 0 fully saturated rings. The SMILES string of the molecule is CN=C(NCc1ccc(OC)c(C)c1)NCc1ccccc1Cn1cccn1. The topological polar surface area (TPSA) is 63.5 Å². The van der Waals surface area contributed by atoms with Gasteiger partial charge in [0.15, 0.2) is 5.96 Å². The van der Waals surface area contributed by atoms with Gasteiger partial charge in [-0.25, -0.2) is 0 Å². The number of nitrogens with zero attached hydrogens (tertiary/aromatic N) is 3. The van der Waals surface area contributed by atoms with E-state index in [0.29, 0.717) is 13.1 Å². The Labute approximate surface area is 166 Å². The highest BCUT2D eigenvalue weighted by Gasteiger charge is 2.05. The largest absolute Gasteiger partial charge is 0.496 e. The number of aliphatic imine (C=N–C) groups is 1. The van der Waals surface area contributed by atoms with Gasteiger partial charge < -0.3 is 15.4 Å². The van der Waals surface area contributed by atoms with E-state index in [1.807, 2.05) is 29.9 Å². The number of hydrogen-bond acceptors (Lipinski definition) is 3. The smallest absolute Gasteiger partial charge is 0.191 e. The molecule has 1 heterocycles. The average Bonchev–Trinajstić information content (AvgIpc) is 3.22. The van der Waals surface area contributed by atoms with Crippen LogP contribution in [-0.4, -0.2) is 29.9 Å². The number of ether oxygens (including phenoxy) is 1. The number of methoxy groups -OCH3 is 1. The van der Waals surface area contributed by atoms with Crippen molar-refractivity contribution < 1.29 is 4.74 Å². The molecule has 0 bridgehead atoms. The zero-order valence-corrected chi connectivity index (χ0v) is 16.6. The predicted octanol–water partition coefficient (Wildman–Crippen LogP) is 3.11. The van der Waals surface area contributed by atoms with Crippen LogP contribution in [0.5, 0.6) is 5.75 Å². The number of benzene rings is 2. The van der Waals surface area contributed by atoms with Crippen LogP contribution in [0.3, 0.4) is 0 Å². The summed E-state index contributed by atoms with van der Waals surface area (Å²) in [4.78, 5) is 4.33. The first-order valence-corrected chi connectivity index (χ1v) is 9.32. The number of hydrogen-bond donors (Lipinski definition) is 2. The summed E-state index contributed by atoms with van der Waals surface area (Å²) in [5.74, 6) is 1.67. The molecule has 6 nitrogen and oxygen atoms in total. The van der Waals surface area contributed by atoms with Crippen molar-refractivity contribution in [3.8, 4) is 5.75 Å². The van der Waals surface area contributed by atoms with Crippen LogP contribution in [0.15, 0.2) is 65.9 Å². The number of rotatable bonds is 7. The normalized spacial score (nSPS) is 11.3. The fourth-order valence-corrected chi connectivity index (χ4v) is 3.09. The Bertz CT molecular complexity index is 918. The van der Waals surface area contributed by atoms with Gasteiger partial charge in [0.25, 0.3) is 0 Å². The van der Waals surface area contributed by atoms with Crippen molar-refractivity contribution in [2.24, 2.45) is 4.99 Å². The quantitative estimate of drug-likeness (QED) is 0.491. The average molecular weight is 377 g/mol. The third kappa shape index (κ3) is 5.13. The van der Waals surface area contributed by atoms with Gasteiger partial charge in [0.05, 0.1) is 13.7 Å². The fraction of sp³-hybridized carbons (Fsp3) is 0.273. The molecule has 0 atom stereocenters. The molecule has 2 aromatic carbocycles. The Hall–Kier alpha value is -3.28. The van der Waals surface area contributed by atoms with E-state index < -0.39 is 0 Å². The summed E-state index contributed by atoms with van der Waals surface area (Å²) in [6.07, 6.45) is 3.77. The van der Waals surface area contributed by atoms with Crippen molar-refractivity contribution in [2.75, 3.05) is 14.2 Å². The maximum atomic E-state index is 5.32. The summed E-state index contributed by atoms with van der Waals surface area (Å²) in [6.45, 7) is 4.19. The molecule has 0 amide bonds. The van der Waals surface area contributed by atoms with Gasteiger partial charge in [-0.05, 0) is 41.3 Å². The first-order valence-electron chi connectivity index (χ1n) is 9.32. The van der Waals surface area contributed by atoms with Gasteiger partial charge in [-0.2, -0.15) is 5.10 Å². The summed E-state index contributed by atoms with van der Waals surface area (Å²) in [6, 6.07) is 16.5. The molecule has 3 rings (SSSR count). The Morgan fingerprint density at radius 2 is 1.86 bits per heavy atom. The lowest BCUT2D eigenvalue weighted by atomic mass is 10.1. The van der Waals surface area contributed by atoms with Crippen molar-refractivity contribution in [2.45, 2.75) is 26.6 Å². The highest BCUT2D eigenvalue weighted by molar-refractivity contribution is 5.79. The van der Waals surface area contributed by atoms with E-state index in [4.69, 9.17) is 4.74 Å². The van der Waals surface area contributed by atoms with Gasteiger partial charge in [-0.1, -0.05) is 36.4 Å². The lowest BCUT2D eigenvalue weighted by Gasteiger charge is -2.15. The molecule has 146 valence electrons. The molecular formula is C22H27N5O. The molecule has 0 aliphatic carbocycles. The van der Waals surface area contributed by atoms with E-state index >= 15 is 0 Å². The zero-order chi connectivity index (χ0) is 19.8. The fourth-order valence-electron chi connectivity index (χ4n) is 3.09. The van der Waals surface area contributed by atoms with Crippen molar-refractivity contribution >= 4 is 5.96 Å². The highest BCUT2D eigenvalue weighted by atomic mass is 16.5. The van der Waals surface area contributed by atoms with Gasteiger partial charge in [0.1, 0.15) is 5.75 Å². The lowest BCUT2D eigenvalue weighted by Crippen LogP contribution is -2.36. The molecule has 0 saturated heterocycles. The molecule has 0 saturated carbocycles. The first-order chi connectivity index (χ1) is 13.7. The van der Waals surface area contributed by atoms with Gasteiger partial charge in [0, 0.05) is 32.5 Å². The van der Waals surface area contributed by atoms with Crippen molar-refractivity contribution in [3.05, 3.63) is 83.2 Å². The second kappa shape index (κ2) is 9.60. The minimum atomic E-state index is 0.693. The second-order valence-electron chi connectivity index (χ2n) is 6.56. The summed E-state index contributed by atoms with van der Waals surface area (Å²) in [7, 11) is 3.47. The van der Waals surface area contributed by atoms with Gasteiger partial charge in [-0.3, -0.25) is 9.67 Å². The molecule has 0 radical (unpaired) electrons. The Morgan fingerprint density at radius 1 is 1.07 bits per heavy atom. The van der Waals surface area contributed by atoms with Crippen molar-refractivity contribution in [3.63, 3.8) is 0 Å². The van der Waals surface area contributed by atoms with Crippen molar-refractivity contribution in [1.82, 2.24) is 20.4 Å². The summed E-state index contributed by atoms with van der Waals surface area (Å²) >= 11 is 0. The van der Waals surface area contributed by atoms with E-state index in [9.17, 15) is 0 Å². The summed E-state index contributed by atoms with van der Waals surface area (Å²) in [5.41, 5.74) is 4.76. The maximum Gasteiger partial charge on any atom is 0.191 e. The van der Waals surface area contributed by atoms with Crippen LogP contribution in [0.25, 0.3) is 0 Å². The minimum absolute atomic E-state index is 0.693. The van der Waals surface area contributed by atoms with Crippen LogP contribution in [0.1, 0.15) is 22.3 Å². The van der Waals surface area contributed by atoms with Crippen molar-refractivity contribution in [1.29, 1.82) is 0 Å². The van der Waals surface area contributed by atoms with E-state index in [1.54, 1.807) is 20.4 Å². The molecule has 0 spiro atoms. The Kier molecular flexibility index (Phi) is 6.68. The van der Waals surface area contributed by atoms with E-state index in [1.165, 1.54) is 16.7 Å². The highest BCUT2D eigenvalue weighted by Crippen LogP contribution is 2.18. The van der Waals surface area contributed by atoms with Gasteiger partial charge in [0.2, 0.25) is 0 Å². The monoisotopic (exact) mass is 377 g/mol. The predicted molar refractivity (Wildman–Crippen MR) is 113 cm³/mol. The second-order valence-corrected chi connectivity index (χ2v) is 6.56. The third-order valence-corrected chi connectivity index (χ3v) is 4.60. The number of nitrogens with one attached hydrogen (secondary N) is 2. The molecule has 6 heteroatoms. The van der Waals surface area contributed by atoms with Gasteiger partial charge >= 0.3 is 0 Å². The summed E-state index contributed by atoms with van der Waals surface area (Å²) in [5, 5.41) is 11.1. The van der Waals surface area contributed by atoms with Crippen LogP contribution in [0.4, 0.5) is 0 Å². The van der Waals surface area contributed by atoms with Crippen LogP contribution in [-0.2, 0) is 19.6 Å². The van der Waals surface area contributed by atoms with Crippen LogP contribution < -0.4 is 15.4 Å². The van der Waals surface area contributed by atoms with Crippen LogP contribution in [0, 0.1) is 6.92 Å². The number of guanidine groups is 1. The summed E-state index contributed by atoms with van der Waals surface area (Å²) < 4.78 is 7.25. The molecule has 0 unspecified atom stereocenters. The Morgan fingerprint density at radius 3 is 2.54 bits per heavy atom. The third-order valence-electron chi connectivity index (χ3n) is 4.60. The van der Waals surface area contributed by atoms with E-state index in [0.717, 1.165) is 23.8 Å². The van der Waals surface area contributed by atoms with E-state index in [-0.39, 0.29) is 0 Å². The molecule has 0 aliphatic rings. The minimum Gasteiger partial charge on any atom is -0.496 e. The zero-order valence-electron chi connectivity index (χ0n) is 16.6. The molecular weight excluding hydrogens is 350 g/mol.